The Morgan fingerprint density at radius 2 is 2.06 bits per heavy atom. The fraction of sp³-hybridized carbons (Fsp3) is 0.833. The van der Waals surface area contributed by atoms with Gasteiger partial charge in [-0.15, -0.1) is 5.10 Å². The highest BCUT2D eigenvalue weighted by Crippen LogP contribution is 2.17. The normalized spacial score (nSPS) is 17.8. The molecule has 2 rings (SSSR count). The van der Waals surface area contributed by atoms with Crippen molar-refractivity contribution in [1.82, 2.24) is 20.3 Å². The summed E-state index contributed by atoms with van der Waals surface area (Å²) in [6, 6.07) is 0.792. The summed E-state index contributed by atoms with van der Waals surface area (Å²) in [5.41, 5.74) is 0. The van der Waals surface area contributed by atoms with Crippen LogP contribution in [0, 0.1) is 0 Å². The zero-order chi connectivity index (χ0) is 11.1. The molecule has 4 heteroatoms. The van der Waals surface area contributed by atoms with Crippen molar-refractivity contribution in [3.05, 3.63) is 12.4 Å². The molecule has 0 amide bonds. The van der Waals surface area contributed by atoms with Gasteiger partial charge in [0.15, 0.2) is 0 Å². The Kier molecular flexibility index (Phi) is 4.80. The van der Waals surface area contributed by atoms with E-state index >= 15 is 0 Å². The van der Waals surface area contributed by atoms with Crippen molar-refractivity contribution in [1.29, 1.82) is 0 Å². The van der Waals surface area contributed by atoms with Crippen LogP contribution in [0.4, 0.5) is 0 Å². The number of rotatable bonds is 6. The third-order valence-corrected chi connectivity index (χ3v) is 3.32. The maximum Gasteiger partial charge on any atom is 0.0692 e. The molecule has 0 spiro atoms. The summed E-state index contributed by atoms with van der Waals surface area (Å²) in [6.45, 7) is 2.14. The summed E-state index contributed by atoms with van der Waals surface area (Å²) >= 11 is 0. The van der Waals surface area contributed by atoms with Gasteiger partial charge in [-0.25, -0.2) is 0 Å². The minimum absolute atomic E-state index is 0.792. The number of nitrogens with zero attached hydrogens (tertiary/aromatic N) is 3. The lowest BCUT2D eigenvalue weighted by Gasteiger charge is -2.22. The first kappa shape index (κ1) is 11.6. The van der Waals surface area contributed by atoms with Crippen LogP contribution in [0.25, 0.3) is 0 Å². The van der Waals surface area contributed by atoms with E-state index in [2.05, 4.69) is 15.6 Å². The Hall–Kier alpha value is -0.900. The Morgan fingerprint density at radius 3 is 2.81 bits per heavy atom. The lowest BCUT2D eigenvalue weighted by molar-refractivity contribution is 0.368. The van der Waals surface area contributed by atoms with Gasteiger partial charge in [0.05, 0.1) is 6.20 Å². The Balaban J connectivity index is 1.48. The third kappa shape index (κ3) is 3.93. The number of unbranched alkanes of at least 4 members (excludes halogenated alkanes) is 1. The van der Waals surface area contributed by atoms with Crippen LogP contribution in [0.5, 0.6) is 0 Å². The van der Waals surface area contributed by atoms with Crippen molar-refractivity contribution in [2.24, 2.45) is 0 Å². The molecule has 0 unspecified atom stereocenters. The lowest BCUT2D eigenvalue weighted by atomic mass is 9.95. The molecule has 1 aliphatic rings. The monoisotopic (exact) mass is 222 g/mol. The SMILES string of the molecule is c1cn(CCCCNC2CCCCC2)nn1. The quantitative estimate of drug-likeness (QED) is 0.748. The second-order valence-electron chi connectivity index (χ2n) is 4.66. The lowest BCUT2D eigenvalue weighted by Crippen LogP contribution is -2.31. The molecule has 16 heavy (non-hydrogen) atoms. The van der Waals surface area contributed by atoms with E-state index in [0.29, 0.717) is 0 Å². The third-order valence-electron chi connectivity index (χ3n) is 3.32. The van der Waals surface area contributed by atoms with E-state index in [1.807, 2.05) is 10.9 Å². The van der Waals surface area contributed by atoms with E-state index in [9.17, 15) is 0 Å². The topological polar surface area (TPSA) is 42.7 Å². The van der Waals surface area contributed by atoms with Gasteiger partial charge in [-0.05, 0) is 32.2 Å². The Morgan fingerprint density at radius 1 is 1.19 bits per heavy atom. The summed E-state index contributed by atoms with van der Waals surface area (Å²) in [7, 11) is 0. The first-order valence-electron chi connectivity index (χ1n) is 6.52. The van der Waals surface area contributed by atoms with Gasteiger partial charge >= 0.3 is 0 Å². The first-order chi connectivity index (χ1) is 7.95. The molecule has 4 nitrogen and oxygen atoms in total. The van der Waals surface area contributed by atoms with Gasteiger partial charge in [0.25, 0.3) is 0 Å². The van der Waals surface area contributed by atoms with Gasteiger partial charge in [0, 0.05) is 18.8 Å². The van der Waals surface area contributed by atoms with Gasteiger partial charge in [0.1, 0.15) is 0 Å². The molecule has 1 heterocycles. The molecule has 0 saturated heterocycles. The molecule has 0 radical (unpaired) electrons. The van der Waals surface area contributed by atoms with Crippen LogP contribution >= 0.6 is 0 Å². The van der Waals surface area contributed by atoms with Crippen LogP contribution in [0.2, 0.25) is 0 Å². The molecule has 1 aliphatic carbocycles. The molecule has 1 N–H and O–H groups in total. The summed E-state index contributed by atoms with van der Waals surface area (Å²) in [6.07, 6.45) is 13.1. The van der Waals surface area contributed by atoms with Gasteiger partial charge < -0.3 is 5.32 Å². The van der Waals surface area contributed by atoms with E-state index < -0.39 is 0 Å². The number of hydrogen-bond donors (Lipinski definition) is 1. The van der Waals surface area contributed by atoms with Gasteiger partial charge in [-0.1, -0.05) is 24.5 Å². The smallest absolute Gasteiger partial charge is 0.0692 e. The first-order valence-corrected chi connectivity index (χ1v) is 6.52. The predicted octanol–water partition coefficient (Wildman–Crippen LogP) is 1.98. The number of aryl methyl sites for hydroxylation is 1. The highest BCUT2D eigenvalue weighted by atomic mass is 15.4. The highest BCUT2D eigenvalue weighted by Gasteiger charge is 2.11. The molecule has 0 bridgehead atoms. The maximum absolute atomic E-state index is 3.95. The van der Waals surface area contributed by atoms with E-state index in [0.717, 1.165) is 19.1 Å². The zero-order valence-corrected chi connectivity index (χ0v) is 9.94. The number of nitrogens with one attached hydrogen (secondary N) is 1. The molecule has 0 atom stereocenters. The molecule has 90 valence electrons. The predicted molar refractivity (Wildman–Crippen MR) is 64.1 cm³/mol. The van der Waals surface area contributed by atoms with Crippen LogP contribution in [0.3, 0.4) is 0 Å². The van der Waals surface area contributed by atoms with Crippen LogP contribution in [-0.4, -0.2) is 27.6 Å². The van der Waals surface area contributed by atoms with Gasteiger partial charge in [0.2, 0.25) is 0 Å². The number of aromatic nitrogens is 3. The van der Waals surface area contributed by atoms with Crippen LogP contribution in [-0.2, 0) is 6.54 Å². The summed E-state index contributed by atoms with van der Waals surface area (Å²) < 4.78 is 1.90. The van der Waals surface area contributed by atoms with E-state index in [-0.39, 0.29) is 0 Å². The van der Waals surface area contributed by atoms with Crippen molar-refractivity contribution in [3.63, 3.8) is 0 Å². The molecule has 0 aliphatic heterocycles. The van der Waals surface area contributed by atoms with Crippen molar-refractivity contribution in [2.75, 3.05) is 6.54 Å². The van der Waals surface area contributed by atoms with Crippen molar-refractivity contribution in [2.45, 2.75) is 57.5 Å². The minimum atomic E-state index is 0.792. The largest absolute Gasteiger partial charge is 0.314 e. The second-order valence-corrected chi connectivity index (χ2v) is 4.66. The van der Waals surface area contributed by atoms with Crippen molar-refractivity contribution >= 4 is 0 Å². The second kappa shape index (κ2) is 6.63. The average molecular weight is 222 g/mol. The van der Waals surface area contributed by atoms with Gasteiger partial charge in [-0.3, -0.25) is 4.68 Å². The zero-order valence-electron chi connectivity index (χ0n) is 9.94. The standard InChI is InChI=1S/C12H22N4/c1-2-6-12(7-3-1)13-8-4-5-10-16-11-9-14-15-16/h9,11-13H,1-8,10H2. The number of hydrogen-bond acceptors (Lipinski definition) is 3. The van der Waals surface area contributed by atoms with E-state index in [1.54, 1.807) is 6.20 Å². The minimum Gasteiger partial charge on any atom is -0.314 e. The average Bonchev–Trinajstić information content (AvgIpc) is 2.83. The molecule has 1 aromatic heterocycles. The van der Waals surface area contributed by atoms with E-state index in [4.69, 9.17) is 0 Å². The fourth-order valence-corrected chi connectivity index (χ4v) is 2.36. The molecule has 1 saturated carbocycles. The molecule has 1 aromatic rings. The molecular formula is C12H22N4. The molecule has 0 aromatic carbocycles. The Labute approximate surface area is 97.4 Å². The van der Waals surface area contributed by atoms with Crippen LogP contribution in [0.15, 0.2) is 12.4 Å². The van der Waals surface area contributed by atoms with Gasteiger partial charge in [-0.2, -0.15) is 0 Å². The fourth-order valence-electron chi connectivity index (χ4n) is 2.36. The van der Waals surface area contributed by atoms with Crippen LogP contribution < -0.4 is 5.32 Å². The van der Waals surface area contributed by atoms with Crippen LogP contribution in [0.1, 0.15) is 44.9 Å². The highest BCUT2D eigenvalue weighted by molar-refractivity contribution is 4.71. The summed E-state index contributed by atoms with van der Waals surface area (Å²) in [5.74, 6) is 0. The molecule has 1 fully saturated rings. The Bertz CT molecular complexity index is 265. The van der Waals surface area contributed by atoms with Crippen molar-refractivity contribution in [3.8, 4) is 0 Å². The van der Waals surface area contributed by atoms with E-state index in [1.165, 1.54) is 44.9 Å². The summed E-state index contributed by atoms with van der Waals surface area (Å²) in [4.78, 5) is 0. The summed E-state index contributed by atoms with van der Waals surface area (Å²) in [5, 5.41) is 11.4. The maximum atomic E-state index is 3.95. The molecular weight excluding hydrogens is 200 g/mol. The van der Waals surface area contributed by atoms with Crippen molar-refractivity contribution < 1.29 is 0 Å².